The molecule has 1 saturated heterocycles. The Hall–Kier alpha value is -2.41. The summed E-state index contributed by atoms with van der Waals surface area (Å²) in [6.07, 6.45) is 3.37. The molecule has 0 unspecified atom stereocenters. The van der Waals surface area contributed by atoms with Crippen molar-refractivity contribution in [3.8, 4) is 0 Å². The lowest BCUT2D eigenvalue weighted by molar-refractivity contribution is -0.383. The third-order valence-electron chi connectivity index (χ3n) is 3.48. The molecule has 8 heteroatoms. The van der Waals surface area contributed by atoms with Crippen molar-refractivity contribution in [2.24, 2.45) is 0 Å². The molecule has 1 fully saturated rings. The number of hydrogen-bond donors (Lipinski definition) is 1. The molecule has 0 aliphatic carbocycles. The number of aromatic nitrogens is 2. The number of hydrogen-bond acceptors (Lipinski definition) is 6. The van der Waals surface area contributed by atoms with Gasteiger partial charge in [0.05, 0.1) is 4.92 Å². The Morgan fingerprint density at radius 2 is 2.05 bits per heavy atom. The molecule has 1 aromatic carbocycles. The molecule has 3 rings (SSSR count). The van der Waals surface area contributed by atoms with Crippen LogP contribution in [-0.2, 0) is 0 Å². The minimum atomic E-state index is -0.444. The van der Waals surface area contributed by atoms with Gasteiger partial charge in [-0.05, 0) is 31.0 Å². The van der Waals surface area contributed by atoms with Crippen LogP contribution in [0.25, 0.3) is 0 Å². The lowest BCUT2D eigenvalue weighted by Gasteiger charge is -2.17. The molecule has 7 nitrogen and oxygen atoms in total. The van der Waals surface area contributed by atoms with Gasteiger partial charge in [0.15, 0.2) is 0 Å². The third-order valence-corrected chi connectivity index (χ3v) is 3.71. The van der Waals surface area contributed by atoms with Crippen molar-refractivity contribution in [3.05, 3.63) is 45.7 Å². The summed E-state index contributed by atoms with van der Waals surface area (Å²) in [6.45, 7) is 1.54. The van der Waals surface area contributed by atoms with Crippen molar-refractivity contribution in [1.29, 1.82) is 0 Å². The quantitative estimate of drug-likeness (QED) is 0.687. The number of anilines is 3. The zero-order valence-electron chi connectivity index (χ0n) is 11.7. The van der Waals surface area contributed by atoms with E-state index in [1.165, 1.54) is 6.33 Å². The molecule has 0 spiro atoms. The predicted molar refractivity (Wildman–Crippen MR) is 84.9 cm³/mol. The van der Waals surface area contributed by atoms with E-state index in [2.05, 4.69) is 15.3 Å². The lowest BCUT2D eigenvalue weighted by atomic mass is 10.3. The number of nitrogens with one attached hydrogen (secondary N) is 1. The first kappa shape index (κ1) is 14.5. The predicted octanol–water partition coefficient (Wildman–Crippen LogP) is 3.38. The van der Waals surface area contributed by atoms with Crippen LogP contribution >= 0.6 is 11.6 Å². The van der Waals surface area contributed by atoms with Crippen molar-refractivity contribution < 1.29 is 4.92 Å². The molecule has 1 N–H and O–H groups in total. The van der Waals surface area contributed by atoms with E-state index in [1.54, 1.807) is 24.3 Å². The topological polar surface area (TPSA) is 84.2 Å². The molecule has 2 heterocycles. The van der Waals surface area contributed by atoms with E-state index in [0.717, 1.165) is 25.9 Å². The highest BCUT2D eigenvalue weighted by atomic mass is 35.5. The lowest BCUT2D eigenvalue weighted by Crippen LogP contribution is -2.21. The third kappa shape index (κ3) is 2.94. The number of nitrogens with zero attached hydrogens (tertiary/aromatic N) is 4. The Balaban J connectivity index is 1.99. The van der Waals surface area contributed by atoms with Gasteiger partial charge < -0.3 is 10.2 Å². The summed E-state index contributed by atoms with van der Waals surface area (Å²) in [5.41, 5.74) is 0.533. The summed E-state index contributed by atoms with van der Waals surface area (Å²) in [4.78, 5) is 21.1. The summed E-state index contributed by atoms with van der Waals surface area (Å²) in [5.74, 6) is 0.534. The van der Waals surface area contributed by atoms with Gasteiger partial charge in [0.1, 0.15) is 6.33 Å². The van der Waals surface area contributed by atoms with E-state index in [9.17, 15) is 10.1 Å². The van der Waals surface area contributed by atoms with E-state index < -0.39 is 4.92 Å². The van der Waals surface area contributed by atoms with Crippen LogP contribution in [0.3, 0.4) is 0 Å². The highest BCUT2D eigenvalue weighted by Crippen LogP contribution is 2.35. The largest absolute Gasteiger partial charge is 0.353 e. The Bertz CT molecular complexity index is 703. The van der Waals surface area contributed by atoms with Gasteiger partial charge in [0.2, 0.25) is 11.6 Å². The highest BCUT2D eigenvalue weighted by Gasteiger charge is 2.28. The monoisotopic (exact) mass is 319 g/mol. The van der Waals surface area contributed by atoms with Crippen LogP contribution in [0.2, 0.25) is 5.02 Å². The van der Waals surface area contributed by atoms with Crippen molar-refractivity contribution in [2.45, 2.75) is 12.8 Å². The summed E-state index contributed by atoms with van der Waals surface area (Å²) in [5, 5.41) is 15.0. The van der Waals surface area contributed by atoms with Crippen molar-refractivity contribution in [2.75, 3.05) is 23.3 Å². The molecule has 0 atom stereocenters. The minimum Gasteiger partial charge on any atom is -0.351 e. The van der Waals surface area contributed by atoms with E-state index in [-0.39, 0.29) is 11.5 Å². The SMILES string of the molecule is O=[N+]([O-])c1c(Nc2cccc(Cl)c2)ncnc1N1CCCC1. The maximum absolute atomic E-state index is 11.5. The van der Waals surface area contributed by atoms with Gasteiger partial charge >= 0.3 is 5.69 Å². The summed E-state index contributed by atoms with van der Waals surface area (Å²) in [7, 11) is 0. The molecule has 1 aliphatic rings. The first-order chi connectivity index (χ1) is 10.6. The van der Waals surface area contributed by atoms with E-state index in [1.807, 2.05) is 4.90 Å². The highest BCUT2D eigenvalue weighted by molar-refractivity contribution is 6.30. The molecular formula is C14H14ClN5O2. The van der Waals surface area contributed by atoms with Crippen LogP contribution in [0.15, 0.2) is 30.6 Å². The zero-order chi connectivity index (χ0) is 15.5. The number of nitro groups is 1. The van der Waals surface area contributed by atoms with Gasteiger partial charge in [0.25, 0.3) is 0 Å². The van der Waals surface area contributed by atoms with Crippen molar-refractivity contribution >= 4 is 34.6 Å². The summed E-state index contributed by atoms with van der Waals surface area (Å²) >= 11 is 5.93. The van der Waals surface area contributed by atoms with Gasteiger partial charge in [0, 0.05) is 23.8 Å². The van der Waals surface area contributed by atoms with Crippen LogP contribution < -0.4 is 10.2 Å². The minimum absolute atomic E-state index is 0.107. The van der Waals surface area contributed by atoms with E-state index in [0.29, 0.717) is 16.5 Å². The Kier molecular flexibility index (Phi) is 4.06. The van der Waals surface area contributed by atoms with Crippen LogP contribution in [0, 0.1) is 10.1 Å². The van der Waals surface area contributed by atoms with Crippen LogP contribution in [0.4, 0.5) is 23.0 Å². The van der Waals surface area contributed by atoms with Crippen LogP contribution in [-0.4, -0.2) is 28.0 Å². The fourth-order valence-electron chi connectivity index (χ4n) is 2.49. The number of halogens is 1. The second-order valence-electron chi connectivity index (χ2n) is 4.98. The summed E-state index contributed by atoms with van der Waals surface area (Å²) < 4.78 is 0. The molecule has 22 heavy (non-hydrogen) atoms. The molecular weight excluding hydrogens is 306 g/mol. The second-order valence-corrected chi connectivity index (χ2v) is 5.42. The zero-order valence-corrected chi connectivity index (χ0v) is 12.5. The average molecular weight is 320 g/mol. The average Bonchev–Trinajstić information content (AvgIpc) is 3.01. The van der Waals surface area contributed by atoms with Crippen LogP contribution in [0.1, 0.15) is 12.8 Å². The number of rotatable bonds is 4. The summed E-state index contributed by atoms with van der Waals surface area (Å²) in [6, 6.07) is 6.95. The Labute approximate surface area is 132 Å². The van der Waals surface area contributed by atoms with Crippen molar-refractivity contribution in [1.82, 2.24) is 9.97 Å². The molecule has 1 aliphatic heterocycles. The van der Waals surface area contributed by atoms with Crippen molar-refractivity contribution in [3.63, 3.8) is 0 Å². The normalized spacial score (nSPS) is 14.1. The first-order valence-electron chi connectivity index (χ1n) is 6.92. The molecule has 0 amide bonds. The molecule has 0 bridgehead atoms. The molecule has 2 aromatic rings. The second kappa shape index (κ2) is 6.15. The first-order valence-corrected chi connectivity index (χ1v) is 7.30. The van der Waals surface area contributed by atoms with E-state index in [4.69, 9.17) is 11.6 Å². The van der Waals surface area contributed by atoms with Gasteiger partial charge in [-0.2, -0.15) is 0 Å². The standard InChI is InChI=1S/C14H14ClN5O2/c15-10-4-3-5-11(8-10)18-13-12(20(21)22)14(17-9-16-13)19-6-1-2-7-19/h3-5,8-9H,1-2,6-7H2,(H,16,17,18). The van der Waals surface area contributed by atoms with Gasteiger partial charge in [-0.25, -0.2) is 9.97 Å². The molecule has 114 valence electrons. The molecule has 0 saturated carbocycles. The Morgan fingerprint density at radius 1 is 1.27 bits per heavy atom. The fourth-order valence-corrected chi connectivity index (χ4v) is 2.68. The molecule has 0 radical (unpaired) electrons. The van der Waals surface area contributed by atoms with E-state index >= 15 is 0 Å². The van der Waals surface area contributed by atoms with Gasteiger partial charge in [-0.15, -0.1) is 0 Å². The maximum Gasteiger partial charge on any atom is 0.353 e. The smallest absolute Gasteiger partial charge is 0.351 e. The molecule has 1 aromatic heterocycles. The maximum atomic E-state index is 11.5. The Morgan fingerprint density at radius 3 is 2.73 bits per heavy atom. The van der Waals surface area contributed by atoms with Gasteiger partial charge in [-0.3, -0.25) is 10.1 Å². The fraction of sp³-hybridized carbons (Fsp3) is 0.286. The van der Waals surface area contributed by atoms with Crippen LogP contribution in [0.5, 0.6) is 0 Å². The van der Waals surface area contributed by atoms with Gasteiger partial charge in [-0.1, -0.05) is 17.7 Å². The number of benzene rings is 1.